The number of anilines is 3. The van der Waals surface area contributed by atoms with Crippen molar-refractivity contribution >= 4 is 17.1 Å². The number of para-hydroxylation sites is 2. The highest BCUT2D eigenvalue weighted by Crippen LogP contribution is 2.65. The van der Waals surface area contributed by atoms with Gasteiger partial charge < -0.3 is 9.64 Å². The first kappa shape index (κ1) is 29.8. The molecule has 0 saturated heterocycles. The minimum absolute atomic E-state index is 0.00445. The highest BCUT2D eigenvalue weighted by Gasteiger charge is 2.53. The van der Waals surface area contributed by atoms with E-state index < -0.39 is 5.41 Å². The normalized spacial score (nSPS) is 17.5. The minimum atomic E-state index is -0.614. The van der Waals surface area contributed by atoms with E-state index in [-0.39, 0.29) is 12.0 Å². The number of allylic oxidation sites excluding steroid dienone is 2. The second-order valence-electron chi connectivity index (χ2n) is 14.2. The van der Waals surface area contributed by atoms with Gasteiger partial charge in [-0.1, -0.05) is 140 Å². The molecule has 0 saturated carbocycles. The van der Waals surface area contributed by atoms with Crippen LogP contribution in [0.5, 0.6) is 5.75 Å². The van der Waals surface area contributed by atoms with Crippen molar-refractivity contribution in [2.75, 3.05) is 4.90 Å². The molecule has 4 aliphatic rings. The molecule has 2 heterocycles. The van der Waals surface area contributed by atoms with Gasteiger partial charge in [-0.15, -0.1) is 0 Å². The first-order valence-electron chi connectivity index (χ1n) is 18.2. The molecule has 2 unspecified atom stereocenters. The largest absolute Gasteiger partial charge is 0.485 e. The van der Waals surface area contributed by atoms with Crippen LogP contribution >= 0.6 is 0 Å². The maximum Gasteiger partial charge on any atom is 0.128 e. The Morgan fingerprint density at radius 3 is 1.87 bits per heavy atom. The zero-order valence-electron chi connectivity index (χ0n) is 28.8. The van der Waals surface area contributed by atoms with E-state index in [1.54, 1.807) is 0 Å². The van der Waals surface area contributed by atoms with Crippen LogP contribution in [0.25, 0.3) is 33.4 Å². The smallest absolute Gasteiger partial charge is 0.128 e. The summed E-state index contributed by atoms with van der Waals surface area (Å²) < 4.78 is 6.69. The first-order valence-corrected chi connectivity index (χ1v) is 18.2. The summed E-state index contributed by atoms with van der Waals surface area (Å²) in [6.07, 6.45) is 8.66. The van der Waals surface area contributed by atoms with Crippen LogP contribution in [0.3, 0.4) is 0 Å². The number of ether oxygens (including phenoxy) is 1. The Morgan fingerprint density at radius 2 is 1.15 bits per heavy atom. The molecule has 1 spiro atoms. The van der Waals surface area contributed by atoms with Crippen molar-refractivity contribution in [1.29, 1.82) is 5.26 Å². The van der Waals surface area contributed by atoms with E-state index in [1.807, 2.05) is 24.3 Å². The average molecular weight is 677 g/mol. The third kappa shape index (κ3) is 4.09. The molecule has 3 nitrogen and oxygen atoms in total. The lowest BCUT2D eigenvalue weighted by molar-refractivity contribution is 0.268. The first-order chi connectivity index (χ1) is 26.3. The van der Waals surface area contributed by atoms with E-state index in [0.29, 0.717) is 5.56 Å². The molecule has 248 valence electrons. The highest BCUT2D eigenvalue weighted by atomic mass is 16.5. The lowest BCUT2D eigenvalue weighted by Crippen LogP contribution is -2.36. The van der Waals surface area contributed by atoms with E-state index in [9.17, 15) is 5.26 Å². The third-order valence-corrected chi connectivity index (χ3v) is 11.6. The fourth-order valence-corrected chi connectivity index (χ4v) is 9.47. The van der Waals surface area contributed by atoms with Crippen molar-refractivity contribution in [2.24, 2.45) is 0 Å². The topological polar surface area (TPSA) is 36.3 Å². The van der Waals surface area contributed by atoms with Crippen molar-refractivity contribution in [3.05, 3.63) is 215 Å². The molecule has 0 amide bonds. The summed E-state index contributed by atoms with van der Waals surface area (Å²) in [6.45, 7) is 0. The Hall–Kier alpha value is -6.89. The van der Waals surface area contributed by atoms with Crippen LogP contribution in [0.4, 0.5) is 17.1 Å². The summed E-state index contributed by atoms with van der Waals surface area (Å²) in [5.41, 5.74) is 15.7. The zero-order chi connectivity index (χ0) is 35.1. The molecule has 7 aromatic carbocycles. The van der Waals surface area contributed by atoms with Crippen LogP contribution in [0, 0.1) is 11.3 Å². The van der Waals surface area contributed by atoms with Gasteiger partial charge in [0.05, 0.1) is 28.0 Å². The number of rotatable bonds is 3. The van der Waals surface area contributed by atoms with Crippen molar-refractivity contribution < 1.29 is 4.74 Å². The summed E-state index contributed by atoms with van der Waals surface area (Å²) in [6, 6.07) is 59.0. The number of hydrogen-bond acceptors (Lipinski definition) is 3. The highest BCUT2D eigenvalue weighted by molar-refractivity contribution is 6.01. The maximum atomic E-state index is 11.0. The molecule has 53 heavy (non-hydrogen) atoms. The Balaban J connectivity index is 1.22. The van der Waals surface area contributed by atoms with Crippen LogP contribution in [0.15, 0.2) is 182 Å². The van der Waals surface area contributed by atoms with Crippen LogP contribution in [-0.4, -0.2) is 6.10 Å². The summed E-state index contributed by atoms with van der Waals surface area (Å²) in [4.78, 5) is 2.35. The van der Waals surface area contributed by atoms with Gasteiger partial charge in [0.15, 0.2) is 0 Å². The fourth-order valence-electron chi connectivity index (χ4n) is 9.47. The quantitative estimate of drug-likeness (QED) is 0.187. The van der Waals surface area contributed by atoms with E-state index in [4.69, 9.17) is 4.74 Å². The third-order valence-electron chi connectivity index (χ3n) is 11.6. The summed E-state index contributed by atoms with van der Waals surface area (Å²) in [5.74, 6) is 1.15. The maximum absolute atomic E-state index is 11.0. The second kappa shape index (κ2) is 11.3. The molecule has 0 fully saturated rings. The van der Waals surface area contributed by atoms with Crippen LogP contribution < -0.4 is 9.64 Å². The van der Waals surface area contributed by atoms with Crippen molar-refractivity contribution in [3.63, 3.8) is 0 Å². The number of hydrogen-bond donors (Lipinski definition) is 0. The van der Waals surface area contributed by atoms with E-state index in [1.165, 1.54) is 38.9 Å². The molecule has 2 atom stereocenters. The summed E-state index contributed by atoms with van der Waals surface area (Å²) in [7, 11) is 0. The standard InChI is InChI=1S/C50H32N2O/c51-31-35-27-34(32-15-3-1-4-16-32)28-38(33-17-5-2-6-18-33)49(35)52-45-24-12-10-22-42(45)50(43-23-11-13-25-46(43)52)41-21-9-7-19-36(41)39-29-40-37-20-8-14-26-47(37)53-48(40)30-44(39)50/h1-30,37,47H. The van der Waals surface area contributed by atoms with Gasteiger partial charge in [-0.2, -0.15) is 5.26 Å². The molecule has 0 bridgehead atoms. The van der Waals surface area contributed by atoms with Gasteiger partial charge in [0.2, 0.25) is 0 Å². The van der Waals surface area contributed by atoms with Crippen LogP contribution in [0.1, 0.15) is 39.3 Å². The monoisotopic (exact) mass is 676 g/mol. The molecule has 2 aliphatic carbocycles. The minimum Gasteiger partial charge on any atom is -0.485 e. The van der Waals surface area contributed by atoms with Gasteiger partial charge in [0.1, 0.15) is 17.9 Å². The van der Waals surface area contributed by atoms with Crippen LogP contribution in [0.2, 0.25) is 0 Å². The van der Waals surface area contributed by atoms with Gasteiger partial charge in [-0.3, -0.25) is 0 Å². The predicted molar refractivity (Wildman–Crippen MR) is 213 cm³/mol. The molecule has 0 aromatic heterocycles. The van der Waals surface area contributed by atoms with Gasteiger partial charge in [0.25, 0.3) is 0 Å². The van der Waals surface area contributed by atoms with E-state index >= 15 is 0 Å². The molecular formula is C50H32N2O. The summed E-state index contributed by atoms with van der Waals surface area (Å²) in [5, 5.41) is 11.0. The number of nitriles is 1. The predicted octanol–water partition coefficient (Wildman–Crippen LogP) is 12.0. The average Bonchev–Trinajstić information content (AvgIpc) is 3.73. The van der Waals surface area contributed by atoms with Crippen molar-refractivity contribution in [2.45, 2.75) is 17.4 Å². The van der Waals surface area contributed by atoms with Gasteiger partial charge >= 0.3 is 0 Å². The second-order valence-corrected chi connectivity index (χ2v) is 14.2. The zero-order valence-corrected chi connectivity index (χ0v) is 28.8. The van der Waals surface area contributed by atoms with E-state index in [2.05, 4.69) is 169 Å². The molecule has 0 N–H and O–H groups in total. The lowest BCUT2D eigenvalue weighted by Gasteiger charge is -2.45. The van der Waals surface area contributed by atoms with Gasteiger partial charge in [0, 0.05) is 17.0 Å². The van der Waals surface area contributed by atoms with Crippen molar-refractivity contribution in [1.82, 2.24) is 0 Å². The molecule has 3 heteroatoms. The van der Waals surface area contributed by atoms with Gasteiger partial charge in [-0.25, -0.2) is 0 Å². The summed E-state index contributed by atoms with van der Waals surface area (Å²) >= 11 is 0. The van der Waals surface area contributed by atoms with Gasteiger partial charge in [-0.05, 0) is 92.5 Å². The number of nitrogens with zero attached hydrogens (tertiary/aromatic N) is 2. The number of benzene rings is 7. The van der Waals surface area contributed by atoms with Crippen molar-refractivity contribution in [3.8, 4) is 45.2 Å². The van der Waals surface area contributed by atoms with E-state index in [0.717, 1.165) is 45.1 Å². The molecular weight excluding hydrogens is 645 g/mol. The fraction of sp³-hybridized carbons (Fsp3) is 0.0600. The Labute approximate surface area is 309 Å². The molecule has 7 aromatic rings. The lowest BCUT2D eigenvalue weighted by atomic mass is 9.64. The number of fused-ring (bicyclic) bond motifs is 12. The molecule has 0 radical (unpaired) electrons. The Morgan fingerprint density at radius 1 is 0.528 bits per heavy atom. The Kier molecular flexibility index (Phi) is 6.36. The molecule has 2 aliphatic heterocycles. The van der Waals surface area contributed by atoms with Crippen LogP contribution in [-0.2, 0) is 5.41 Å². The Bertz CT molecular complexity index is 2690. The SMILES string of the molecule is N#Cc1cc(-c2ccccc2)cc(-c2ccccc2)c1N1c2ccccc2C2(c3ccccc3-c3cc4c(cc32)OC2C=CC=CC42)c2ccccc21. The molecule has 11 rings (SSSR count).